The summed E-state index contributed by atoms with van der Waals surface area (Å²) in [4.78, 5) is 18.0. The molecule has 0 aromatic heterocycles. The first kappa shape index (κ1) is 25.4. The van der Waals surface area contributed by atoms with E-state index >= 15 is 0 Å². The second-order valence-corrected chi connectivity index (χ2v) is 8.53. The number of amides is 1. The van der Waals surface area contributed by atoms with Crippen molar-refractivity contribution >= 4 is 35.8 Å². The highest BCUT2D eigenvalue weighted by atomic mass is 127. The van der Waals surface area contributed by atoms with Crippen molar-refractivity contribution in [3.05, 3.63) is 0 Å². The molecule has 1 heterocycles. The number of halogens is 1. The summed E-state index contributed by atoms with van der Waals surface area (Å²) in [6, 6.07) is 0.282. The number of unbranched alkanes of at least 4 members (excludes halogenated alkanes) is 1. The lowest BCUT2D eigenvalue weighted by Gasteiger charge is -2.52. The molecular formula is C20H39IN4O3. The van der Waals surface area contributed by atoms with Gasteiger partial charge < -0.3 is 25.0 Å². The van der Waals surface area contributed by atoms with Gasteiger partial charge in [-0.1, -0.05) is 27.2 Å². The Kier molecular flexibility index (Phi) is 11.1. The molecule has 2 N–H and O–H groups in total. The van der Waals surface area contributed by atoms with Gasteiger partial charge in [0.15, 0.2) is 5.96 Å². The Morgan fingerprint density at radius 2 is 2.11 bits per heavy atom. The van der Waals surface area contributed by atoms with E-state index in [0.29, 0.717) is 11.9 Å². The van der Waals surface area contributed by atoms with Crippen LogP contribution in [0, 0.1) is 11.3 Å². The van der Waals surface area contributed by atoms with Gasteiger partial charge in [0.1, 0.15) is 6.54 Å². The molecule has 1 saturated carbocycles. The predicted molar refractivity (Wildman–Crippen MR) is 123 cm³/mol. The number of carbonyl (C=O) groups excluding carboxylic acids is 1. The molecule has 2 fully saturated rings. The Hall–Kier alpha value is -0.610. The Morgan fingerprint density at radius 1 is 1.36 bits per heavy atom. The number of hydrogen-bond acceptors (Lipinski definition) is 4. The van der Waals surface area contributed by atoms with Gasteiger partial charge in [0, 0.05) is 51.2 Å². The van der Waals surface area contributed by atoms with Gasteiger partial charge in [0.25, 0.3) is 0 Å². The zero-order valence-electron chi connectivity index (χ0n) is 18.1. The van der Waals surface area contributed by atoms with Gasteiger partial charge in [-0.05, 0) is 19.3 Å². The van der Waals surface area contributed by atoms with Crippen LogP contribution in [0.5, 0.6) is 0 Å². The number of guanidine groups is 1. The number of aliphatic imine (C=N–C) groups is 1. The van der Waals surface area contributed by atoms with Gasteiger partial charge >= 0.3 is 0 Å². The molecule has 0 spiro atoms. The van der Waals surface area contributed by atoms with E-state index in [-0.39, 0.29) is 54.0 Å². The fourth-order valence-corrected chi connectivity index (χ4v) is 3.37. The molecule has 1 amide bonds. The first-order valence-electron chi connectivity index (χ1n) is 10.3. The van der Waals surface area contributed by atoms with Crippen LogP contribution in [0.1, 0.15) is 46.5 Å². The van der Waals surface area contributed by atoms with Crippen LogP contribution in [-0.2, 0) is 14.3 Å². The second kappa shape index (κ2) is 12.2. The van der Waals surface area contributed by atoms with Crippen molar-refractivity contribution in [1.29, 1.82) is 0 Å². The summed E-state index contributed by atoms with van der Waals surface area (Å²) in [5.74, 6) is 1.21. The molecule has 0 radical (unpaired) electrons. The number of nitrogens with one attached hydrogen (secondary N) is 2. The van der Waals surface area contributed by atoms with E-state index in [1.165, 1.54) is 0 Å². The summed E-state index contributed by atoms with van der Waals surface area (Å²) >= 11 is 0. The van der Waals surface area contributed by atoms with Crippen LogP contribution in [0.15, 0.2) is 4.99 Å². The highest BCUT2D eigenvalue weighted by molar-refractivity contribution is 14.0. The maximum absolute atomic E-state index is 11.9. The standard InChI is InChI=1S/C20H38N4O3.HI/c1-6-7-9-27-17-11-16(20(17,2)3)23-19(22-13-18(25)24(4)5)21-12-15-8-10-26-14-15;/h15-17H,6-14H2,1-5H3,(H2,21,22,23);1H. The van der Waals surface area contributed by atoms with Crippen LogP contribution in [0.4, 0.5) is 0 Å². The molecule has 28 heavy (non-hydrogen) atoms. The minimum Gasteiger partial charge on any atom is -0.381 e. The Morgan fingerprint density at radius 3 is 2.68 bits per heavy atom. The zero-order valence-corrected chi connectivity index (χ0v) is 20.5. The monoisotopic (exact) mass is 510 g/mol. The minimum atomic E-state index is -0.00561. The Labute approximate surface area is 187 Å². The lowest BCUT2D eigenvalue weighted by molar-refractivity contribution is -0.127. The minimum absolute atomic E-state index is 0. The van der Waals surface area contributed by atoms with E-state index in [4.69, 9.17) is 9.47 Å². The summed E-state index contributed by atoms with van der Waals surface area (Å²) in [5.41, 5.74) is 0.0399. The van der Waals surface area contributed by atoms with E-state index in [0.717, 1.165) is 52.0 Å². The van der Waals surface area contributed by atoms with Gasteiger partial charge in [-0.2, -0.15) is 0 Å². The van der Waals surface area contributed by atoms with Crippen molar-refractivity contribution in [1.82, 2.24) is 15.5 Å². The van der Waals surface area contributed by atoms with E-state index in [2.05, 4.69) is 36.4 Å². The molecular weight excluding hydrogens is 471 g/mol. The Balaban J connectivity index is 0.00000392. The number of nitrogens with zero attached hydrogens (tertiary/aromatic N) is 2. The molecule has 1 aliphatic carbocycles. The summed E-state index contributed by atoms with van der Waals surface area (Å²) in [6.07, 6.45) is 4.56. The van der Waals surface area contributed by atoms with Gasteiger partial charge in [0.2, 0.25) is 5.91 Å². The lowest BCUT2D eigenvalue weighted by Crippen LogP contribution is -2.63. The summed E-state index contributed by atoms with van der Waals surface area (Å²) in [7, 11) is 3.50. The number of hydrogen-bond donors (Lipinski definition) is 2. The van der Waals surface area contributed by atoms with Crippen molar-refractivity contribution in [3.63, 3.8) is 0 Å². The van der Waals surface area contributed by atoms with Crippen LogP contribution in [-0.4, -0.2) is 75.9 Å². The highest BCUT2D eigenvalue weighted by Crippen LogP contribution is 2.42. The number of likely N-dealkylation sites (N-methyl/N-ethyl adjacent to an activating group) is 1. The lowest BCUT2D eigenvalue weighted by atomic mass is 9.64. The number of ether oxygens (including phenoxy) is 2. The molecule has 3 atom stereocenters. The average Bonchev–Trinajstić information content (AvgIpc) is 3.15. The quantitative estimate of drug-likeness (QED) is 0.216. The topological polar surface area (TPSA) is 75.2 Å². The van der Waals surface area contributed by atoms with Crippen molar-refractivity contribution in [2.75, 3.05) is 47.0 Å². The van der Waals surface area contributed by atoms with Crippen molar-refractivity contribution < 1.29 is 14.3 Å². The normalized spacial score (nSPS) is 26.2. The molecule has 0 aromatic rings. The summed E-state index contributed by atoms with van der Waals surface area (Å²) in [5, 5.41) is 6.94. The largest absolute Gasteiger partial charge is 0.381 e. The van der Waals surface area contributed by atoms with Gasteiger partial charge in [-0.25, -0.2) is 4.99 Å². The average molecular weight is 510 g/mol. The number of carbonyl (C=O) groups is 1. The third kappa shape index (κ3) is 7.33. The van der Waals surface area contributed by atoms with E-state index < -0.39 is 0 Å². The van der Waals surface area contributed by atoms with Crippen molar-refractivity contribution in [2.45, 2.75) is 58.6 Å². The first-order valence-corrected chi connectivity index (χ1v) is 10.3. The molecule has 1 saturated heterocycles. The predicted octanol–water partition coefficient (Wildman–Crippen LogP) is 2.25. The van der Waals surface area contributed by atoms with Crippen LogP contribution in [0.25, 0.3) is 0 Å². The zero-order chi connectivity index (χ0) is 19.9. The molecule has 7 nitrogen and oxygen atoms in total. The van der Waals surface area contributed by atoms with Crippen molar-refractivity contribution in [2.24, 2.45) is 16.3 Å². The van der Waals surface area contributed by atoms with E-state index in [1.54, 1.807) is 19.0 Å². The van der Waals surface area contributed by atoms with Crippen LogP contribution in [0.3, 0.4) is 0 Å². The molecule has 3 unspecified atom stereocenters. The molecule has 2 aliphatic rings. The number of rotatable bonds is 9. The van der Waals surface area contributed by atoms with Crippen LogP contribution in [0.2, 0.25) is 0 Å². The molecule has 0 aromatic carbocycles. The molecule has 8 heteroatoms. The second-order valence-electron chi connectivity index (χ2n) is 8.53. The fraction of sp³-hybridized carbons (Fsp3) is 0.900. The maximum atomic E-state index is 11.9. The summed E-state index contributed by atoms with van der Waals surface area (Å²) in [6.45, 7) is 10.1. The smallest absolute Gasteiger partial charge is 0.243 e. The third-order valence-electron chi connectivity index (χ3n) is 5.76. The highest BCUT2D eigenvalue weighted by Gasteiger charge is 2.49. The summed E-state index contributed by atoms with van der Waals surface area (Å²) < 4.78 is 11.5. The third-order valence-corrected chi connectivity index (χ3v) is 5.76. The molecule has 1 aliphatic heterocycles. The van der Waals surface area contributed by atoms with Gasteiger partial charge in [-0.15, -0.1) is 24.0 Å². The molecule has 0 bridgehead atoms. The van der Waals surface area contributed by atoms with Crippen LogP contribution >= 0.6 is 24.0 Å². The fourth-order valence-electron chi connectivity index (χ4n) is 3.37. The Bertz CT molecular complexity index is 508. The first-order chi connectivity index (χ1) is 12.8. The maximum Gasteiger partial charge on any atom is 0.243 e. The van der Waals surface area contributed by atoms with E-state index in [9.17, 15) is 4.79 Å². The molecule has 164 valence electrons. The van der Waals surface area contributed by atoms with Gasteiger partial charge in [-0.3, -0.25) is 4.79 Å². The van der Waals surface area contributed by atoms with E-state index in [1.807, 2.05) is 0 Å². The SMILES string of the molecule is CCCCOC1CC(NC(=NCC(=O)N(C)C)NCC2CCOC2)C1(C)C.I. The molecule has 2 rings (SSSR count). The van der Waals surface area contributed by atoms with Crippen LogP contribution < -0.4 is 10.6 Å². The van der Waals surface area contributed by atoms with Crippen molar-refractivity contribution in [3.8, 4) is 0 Å². The van der Waals surface area contributed by atoms with Gasteiger partial charge in [0.05, 0.1) is 12.7 Å².